The Morgan fingerprint density at radius 2 is 2.07 bits per heavy atom. The Kier molecular flexibility index (Phi) is 2.39. The van der Waals surface area contributed by atoms with E-state index in [1.165, 1.54) is 5.56 Å². The van der Waals surface area contributed by atoms with Crippen LogP contribution in [0.15, 0.2) is 16.7 Å². The van der Waals surface area contributed by atoms with E-state index < -0.39 is 0 Å². The smallest absolute Gasteiger partial charge is 0.261 e. The van der Waals surface area contributed by atoms with Crippen molar-refractivity contribution in [1.82, 2.24) is 5.16 Å². The van der Waals surface area contributed by atoms with E-state index in [0.29, 0.717) is 11.8 Å². The molecule has 0 bridgehead atoms. The van der Waals surface area contributed by atoms with Gasteiger partial charge in [0.05, 0.1) is 12.5 Å². The molecule has 2 rings (SSSR count). The Hall–Kier alpha value is -1.51. The van der Waals surface area contributed by atoms with E-state index in [4.69, 9.17) is 9.26 Å². The molecule has 3 nitrogen and oxygen atoms in total. The maximum Gasteiger partial charge on any atom is 0.261 e. The van der Waals surface area contributed by atoms with E-state index in [-0.39, 0.29) is 0 Å². The van der Waals surface area contributed by atoms with Gasteiger partial charge in [-0.05, 0) is 35.2 Å². The minimum absolute atomic E-state index is 0.493. The minimum atomic E-state index is 0.493. The number of hydrogen-bond acceptors (Lipinski definition) is 3. The van der Waals surface area contributed by atoms with Crippen molar-refractivity contribution in [3.05, 3.63) is 23.3 Å². The number of hydrogen-bond donors (Lipinski definition) is 0. The van der Waals surface area contributed by atoms with Crippen LogP contribution in [-0.2, 0) is 0 Å². The summed E-state index contributed by atoms with van der Waals surface area (Å²) in [6, 6.07) is 4.22. The van der Waals surface area contributed by atoms with Gasteiger partial charge in [-0.1, -0.05) is 19.9 Å². The number of aromatic nitrogens is 1. The van der Waals surface area contributed by atoms with Gasteiger partial charge in [-0.2, -0.15) is 0 Å². The highest BCUT2D eigenvalue weighted by molar-refractivity contribution is 5.85. The predicted octanol–water partition coefficient (Wildman–Crippen LogP) is 3.27. The molecule has 0 aliphatic heterocycles. The largest absolute Gasteiger partial charge is 0.478 e. The summed E-state index contributed by atoms with van der Waals surface area (Å²) in [7, 11) is 1.61. The highest BCUT2D eigenvalue weighted by Gasteiger charge is 2.13. The molecule has 0 atom stereocenters. The van der Waals surface area contributed by atoms with E-state index in [1.54, 1.807) is 7.11 Å². The lowest BCUT2D eigenvalue weighted by Gasteiger charge is -2.06. The maximum absolute atomic E-state index is 5.23. The zero-order chi connectivity index (χ0) is 11.0. The van der Waals surface area contributed by atoms with Crippen molar-refractivity contribution >= 4 is 11.0 Å². The van der Waals surface area contributed by atoms with E-state index in [1.807, 2.05) is 6.92 Å². The summed E-state index contributed by atoms with van der Waals surface area (Å²) in [6.07, 6.45) is 0. The van der Waals surface area contributed by atoms with Gasteiger partial charge in [0.25, 0.3) is 5.88 Å². The molecule has 3 heteroatoms. The van der Waals surface area contributed by atoms with Crippen LogP contribution < -0.4 is 4.74 Å². The Balaban J connectivity index is 2.71. The molecular formula is C12H15NO2. The number of fused-ring (bicyclic) bond motifs is 1. The summed E-state index contributed by atoms with van der Waals surface area (Å²) in [5.41, 5.74) is 3.20. The molecule has 1 aromatic heterocycles. The fraction of sp³-hybridized carbons (Fsp3) is 0.417. The summed E-state index contributed by atoms with van der Waals surface area (Å²) in [5.74, 6) is 1.06. The highest BCUT2D eigenvalue weighted by atomic mass is 16.5. The van der Waals surface area contributed by atoms with E-state index in [9.17, 15) is 0 Å². The van der Waals surface area contributed by atoms with Crippen molar-refractivity contribution in [2.75, 3.05) is 7.11 Å². The first-order valence-corrected chi connectivity index (χ1v) is 5.07. The molecule has 2 aromatic rings. The number of aryl methyl sites for hydroxylation is 1. The first-order chi connectivity index (χ1) is 7.13. The summed E-state index contributed by atoms with van der Waals surface area (Å²) in [5, 5.41) is 4.84. The van der Waals surface area contributed by atoms with Gasteiger partial charge in [0.1, 0.15) is 0 Å². The van der Waals surface area contributed by atoms with Crippen LogP contribution in [-0.4, -0.2) is 12.3 Å². The molecule has 0 fully saturated rings. The average molecular weight is 205 g/mol. The molecule has 0 spiro atoms. The van der Waals surface area contributed by atoms with Crippen LogP contribution in [0.4, 0.5) is 0 Å². The second-order valence-corrected chi connectivity index (χ2v) is 4.06. The molecule has 15 heavy (non-hydrogen) atoms. The first kappa shape index (κ1) is 10.0. The van der Waals surface area contributed by atoms with Crippen molar-refractivity contribution < 1.29 is 9.26 Å². The summed E-state index contributed by atoms with van der Waals surface area (Å²) in [6.45, 7) is 6.36. The SMILES string of the molecule is COc1noc2c(C)cc(C(C)C)cc12. The molecule has 80 valence electrons. The van der Waals surface area contributed by atoms with E-state index in [2.05, 4.69) is 31.1 Å². The Bertz CT molecular complexity index is 486. The number of benzene rings is 1. The van der Waals surface area contributed by atoms with Gasteiger partial charge < -0.3 is 9.26 Å². The number of rotatable bonds is 2. The third-order valence-corrected chi connectivity index (χ3v) is 2.61. The molecule has 0 amide bonds. The number of nitrogens with zero attached hydrogens (tertiary/aromatic N) is 1. The van der Waals surface area contributed by atoms with Gasteiger partial charge in [0.2, 0.25) is 0 Å². The van der Waals surface area contributed by atoms with Gasteiger partial charge in [-0.25, -0.2) is 0 Å². The van der Waals surface area contributed by atoms with Crippen LogP contribution in [0.5, 0.6) is 5.88 Å². The fourth-order valence-corrected chi connectivity index (χ4v) is 1.70. The van der Waals surface area contributed by atoms with Crippen molar-refractivity contribution in [3.8, 4) is 5.88 Å². The number of ether oxygens (including phenoxy) is 1. The van der Waals surface area contributed by atoms with Gasteiger partial charge in [0.15, 0.2) is 5.58 Å². The Labute approximate surface area is 89.0 Å². The van der Waals surface area contributed by atoms with Crippen LogP contribution in [0.3, 0.4) is 0 Å². The highest BCUT2D eigenvalue weighted by Crippen LogP contribution is 2.30. The molecule has 0 unspecified atom stereocenters. The van der Waals surface area contributed by atoms with Crippen LogP contribution in [0.1, 0.15) is 30.9 Å². The molecule has 0 aliphatic rings. The second-order valence-electron chi connectivity index (χ2n) is 4.06. The minimum Gasteiger partial charge on any atom is -0.478 e. The summed E-state index contributed by atoms with van der Waals surface area (Å²) < 4.78 is 10.4. The fourth-order valence-electron chi connectivity index (χ4n) is 1.70. The lowest BCUT2D eigenvalue weighted by atomic mass is 9.99. The standard InChI is InChI=1S/C12H15NO2/c1-7(2)9-5-8(3)11-10(6-9)12(14-4)13-15-11/h5-7H,1-4H3. The lowest BCUT2D eigenvalue weighted by molar-refractivity contribution is 0.350. The van der Waals surface area contributed by atoms with Crippen LogP contribution in [0, 0.1) is 6.92 Å². The van der Waals surface area contributed by atoms with Crippen molar-refractivity contribution in [3.63, 3.8) is 0 Å². The molecule has 0 saturated heterocycles. The Morgan fingerprint density at radius 3 is 2.67 bits per heavy atom. The topological polar surface area (TPSA) is 35.3 Å². The van der Waals surface area contributed by atoms with Crippen LogP contribution >= 0.6 is 0 Å². The van der Waals surface area contributed by atoms with Gasteiger partial charge >= 0.3 is 0 Å². The van der Waals surface area contributed by atoms with Gasteiger partial charge in [-0.3, -0.25) is 0 Å². The third-order valence-electron chi connectivity index (χ3n) is 2.61. The zero-order valence-electron chi connectivity index (χ0n) is 9.50. The summed E-state index contributed by atoms with van der Waals surface area (Å²) in [4.78, 5) is 0. The molecule has 0 saturated carbocycles. The Morgan fingerprint density at radius 1 is 1.33 bits per heavy atom. The molecule has 1 heterocycles. The van der Waals surface area contributed by atoms with Crippen molar-refractivity contribution in [1.29, 1.82) is 0 Å². The average Bonchev–Trinajstić information content (AvgIpc) is 2.60. The molecule has 0 radical (unpaired) electrons. The van der Waals surface area contributed by atoms with Gasteiger partial charge in [0, 0.05) is 0 Å². The predicted molar refractivity (Wildman–Crippen MR) is 59.4 cm³/mol. The van der Waals surface area contributed by atoms with E-state index >= 15 is 0 Å². The number of methoxy groups -OCH3 is 1. The monoisotopic (exact) mass is 205 g/mol. The molecule has 1 aromatic carbocycles. The lowest BCUT2D eigenvalue weighted by Crippen LogP contribution is -1.89. The van der Waals surface area contributed by atoms with Crippen LogP contribution in [0.25, 0.3) is 11.0 Å². The molecule has 0 N–H and O–H groups in total. The zero-order valence-corrected chi connectivity index (χ0v) is 9.50. The van der Waals surface area contributed by atoms with E-state index in [0.717, 1.165) is 16.5 Å². The summed E-state index contributed by atoms with van der Waals surface area (Å²) >= 11 is 0. The molecular weight excluding hydrogens is 190 g/mol. The van der Waals surface area contributed by atoms with Crippen LogP contribution in [0.2, 0.25) is 0 Å². The quantitative estimate of drug-likeness (QED) is 0.754. The van der Waals surface area contributed by atoms with Gasteiger partial charge in [-0.15, -0.1) is 0 Å². The molecule has 0 aliphatic carbocycles. The maximum atomic E-state index is 5.23. The van der Waals surface area contributed by atoms with Crippen molar-refractivity contribution in [2.45, 2.75) is 26.7 Å². The third kappa shape index (κ3) is 1.58. The normalized spacial score (nSPS) is 11.3. The van der Waals surface area contributed by atoms with Crippen molar-refractivity contribution in [2.24, 2.45) is 0 Å². The first-order valence-electron chi connectivity index (χ1n) is 5.07. The second kappa shape index (κ2) is 3.57.